The first kappa shape index (κ1) is 42.4. The zero-order valence-corrected chi connectivity index (χ0v) is 42.4. The maximum atomic E-state index is 7.63. The van der Waals surface area contributed by atoms with Crippen LogP contribution >= 0.6 is 11.6 Å². The second-order valence-electron chi connectivity index (χ2n) is 25.1. The molecule has 6 aromatic carbocycles. The van der Waals surface area contributed by atoms with Crippen molar-refractivity contribution in [3.63, 3.8) is 0 Å². The molecule has 0 amide bonds. The Labute approximate surface area is 399 Å². The normalized spacial score (nSPS) is 20.8. The van der Waals surface area contributed by atoms with Gasteiger partial charge in [0.15, 0.2) is 5.58 Å². The van der Waals surface area contributed by atoms with E-state index in [1.807, 2.05) is 0 Å². The minimum atomic E-state index is -0.0603. The summed E-state index contributed by atoms with van der Waals surface area (Å²) in [6, 6.07) is 35.6. The van der Waals surface area contributed by atoms with Crippen molar-refractivity contribution in [3.05, 3.63) is 135 Å². The minimum Gasteiger partial charge on any atom is -0.454 e. The quantitative estimate of drug-likeness (QED) is 0.161. The number of para-hydroxylation sites is 1. The van der Waals surface area contributed by atoms with Crippen molar-refractivity contribution in [1.29, 1.82) is 0 Å². The van der Waals surface area contributed by atoms with Crippen LogP contribution in [0.4, 0.5) is 34.1 Å². The molecule has 0 saturated carbocycles. The lowest BCUT2D eigenvalue weighted by atomic mass is 9.33. The Hall–Kier alpha value is -4.93. The number of nitrogens with zero attached hydrogens (tertiary/aromatic N) is 2. The third-order valence-electron chi connectivity index (χ3n) is 18.0. The van der Waals surface area contributed by atoms with Crippen LogP contribution < -0.4 is 26.2 Å². The van der Waals surface area contributed by atoms with Crippen LogP contribution in [0.1, 0.15) is 161 Å². The van der Waals surface area contributed by atoms with Crippen LogP contribution in [0.5, 0.6) is 0 Å². The largest absolute Gasteiger partial charge is 0.454 e. The minimum absolute atomic E-state index is 0.0256. The molecule has 0 N–H and O–H groups in total. The van der Waals surface area contributed by atoms with Crippen LogP contribution in [-0.4, -0.2) is 6.71 Å². The lowest BCUT2D eigenvalue weighted by Crippen LogP contribution is -2.62. The van der Waals surface area contributed by atoms with Crippen LogP contribution in [-0.2, 0) is 32.5 Å². The fourth-order valence-corrected chi connectivity index (χ4v) is 13.7. The van der Waals surface area contributed by atoms with E-state index in [0.717, 1.165) is 69.7 Å². The van der Waals surface area contributed by atoms with Crippen LogP contribution in [0.25, 0.3) is 21.9 Å². The summed E-state index contributed by atoms with van der Waals surface area (Å²) in [6.07, 6.45) is 6.97. The van der Waals surface area contributed by atoms with Gasteiger partial charge in [0.1, 0.15) is 5.58 Å². The number of hydrogen-bond acceptors (Lipinski definition) is 3. The molecule has 1 aromatic heterocycles. The molecular formula is C61H66BClN2O. The molecule has 3 nitrogen and oxygen atoms in total. The van der Waals surface area contributed by atoms with Crippen molar-refractivity contribution in [1.82, 2.24) is 0 Å². The van der Waals surface area contributed by atoms with E-state index < -0.39 is 0 Å². The first-order chi connectivity index (χ1) is 31.0. The number of rotatable bonds is 2. The fraction of sp³-hybridized carbons (Fsp3) is 0.410. The summed E-state index contributed by atoms with van der Waals surface area (Å²) in [6.45, 7) is 31.6. The predicted molar refractivity (Wildman–Crippen MR) is 283 cm³/mol. The van der Waals surface area contributed by atoms with Gasteiger partial charge in [0, 0.05) is 44.2 Å². The van der Waals surface area contributed by atoms with Crippen molar-refractivity contribution in [2.45, 2.75) is 161 Å². The van der Waals surface area contributed by atoms with Crippen molar-refractivity contribution in [2.75, 3.05) is 9.80 Å². The zero-order chi connectivity index (χ0) is 46.4. The Kier molecular flexibility index (Phi) is 8.62. The maximum absolute atomic E-state index is 7.63. The predicted octanol–water partition coefficient (Wildman–Crippen LogP) is 15.7. The maximum Gasteiger partial charge on any atom is 0.252 e. The van der Waals surface area contributed by atoms with Gasteiger partial charge in [-0.05, 0) is 176 Å². The second kappa shape index (κ2) is 13.4. The van der Waals surface area contributed by atoms with Gasteiger partial charge in [0.05, 0.1) is 5.69 Å². The van der Waals surface area contributed by atoms with Crippen molar-refractivity contribution >= 4 is 90.8 Å². The van der Waals surface area contributed by atoms with Crippen LogP contribution in [0.2, 0.25) is 5.02 Å². The molecule has 0 radical (unpaired) electrons. The van der Waals surface area contributed by atoms with Gasteiger partial charge in [-0.2, -0.15) is 0 Å². The van der Waals surface area contributed by atoms with Crippen LogP contribution in [0.15, 0.2) is 95.4 Å². The number of fused-ring (bicyclic) bond motifs is 11. The monoisotopic (exact) mass is 888 g/mol. The molecule has 3 heterocycles. The average molecular weight is 889 g/mol. The van der Waals surface area contributed by atoms with E-state index in [2.05, 4.69) is 191 Å². The third kappa shape index (κ3) is 5.82. The Bertz CT molecular complexity index is 3270. The number of halogens is 1. The van der Waals surface area contributed by atoms with Crippen molar-refractivity contribution < 1.29 is 4.42 Å². The summed E-state index contributed by atoms with van der Waals surface area (Å²) in [4.78, 5) is 5.18. The molecule has 0 unspecified atom stereocenters. The smallest absolute Gasteiger partial charge is 0.252 e. The highest BCUT2D eigenvalue weighted by atomic mass is 35.5. The molecule has 0 atom stereocenters. The Morgan fingerprint density at radius 3 is 1.61 bits per heavy atom. The summed E-state index contributed by atoms with van der Waals surface area (Å²) < 4.78 is 7.15. The SMILES string of the molecule is Cc1cc2c(cc1N1c3cc(Cl)cc4c3B(c3cc5c(cc3N4c3ccc4c(c3)C(C)(C)CCC4(C)C)C(C)(C)CCC5(C)C)c3ccc4c(oc5ccccc54)c31)C(C)(C)CCC2(C)C. The molecule has 3 aliphatic carbocycles. The van der Waals surface area contributed by atoms with E-state index in [-0.39, 0.29) is 39.2 Å². The standard InChI is InChI=1S/C61H66BClN2O/c1-35-28-41-44(60(10,11)26-24-57(41,4)5)33-48(35)65-51-30-36(63)29-50-53(51)62(46-21-19-39-38-16-14-15-17-52(38)66-55(39)54(46)65)47-32-43-45(61(12,13)27-25-59(43,8)9)34-49(47)64(50)37-18-20-40-42(31-37)58(6,7)23-22-56(40,2)3/h14-21,28-34H,22-27H2,1-13H3. The van der Waals surface area contributed by atoms with E-state index in [4.69, 9.17) is 16.0 Å². The van der Waals surface area contributed by atoms with Gasteiger partial charge in [-0.1, -0.05) is 143 Å². The number of aryl methyl sites for hydroxylation is 1. The molecule has 5 aliphatic rings. The van der Waals surface area contributed by atoms with Gasteiger partial charge in [-0.25, -0.2) is 0 Å². The molecule has 0 bridgehead atoms. The van der Waals surface area contributed by atoms with E-state index in [1.54, 1.807) is 0 Å². The van der Waals surface area contributed by atoms with Crippen molar-refractivity contribution in [3.8, 4) is 0 Å². The van der Waals surface area contributed by atoms with Crippen LogP contribution in [0, 0.1) is 6.92 Å². The van der Waals surface area contributed by atoms with E-state index in [9.17, 15) is 0 Å². The molecule has 12 rings (SSSR count). The van der Waals surface area contributed by atoms with Crippen molar-refractivity contribution in [2.24, 2.45) is 0 Å². The summed E-state index contributed by atoms with van der Waals surface area (Å²) >= 11 is 7.63. The van der Waals surface area contributed by atoms with E-state index in [0.29, 0.717) is 0 Å². The Morgan fingerprint density at radius 2 is 0.985 bits per heavy atom. The first-order valence-corrected chi connectivity index (χ1v) is 25.2. The molecule has 336 valence electrons. The van der Waals surface area contributed by atoms with Gasteiger partial charge < -0.3 is 14.2 Å². The topological polar surface area (TPSA) is 19.6 Å². The lowest BCUT2D eigenvalue weighted by molar-refractivity contribution is 0.332. The molecule has 7 aromatic rings. The molecule has 0 saturated heterocycles. The Balaban J connectivity index is 1.22. The highest BCUT2D eigenvalue weighted by Crippen LogP contribution is 2.55. The summed E-state index contributed by atoms with van der Waals surface area (Å²) in [7, 11) is 0. The number of furan rings is 1. The molecular weight excluding hydrogens is 823 g/mol. The number of hydrogen-bond donors (Lipinski definition) is 0. The Morgan fingerprint density at radius 1 is 0.470 bits per heavy atom. The average Bonchev–Trinajstić information content (AvgIpc) is 3.64. The molecule has 5 heteroatoms. The van der Waals surface area contributed by atoms with E-state index in [1.165, 1.54) is 85.2 Å². The third-order valence-corrected chi connectivity index (χ3v) is 18.2. The summed E-state index contributed by atoms with van der Waals surface area (Å²) in [5.41, 5.74) is 23.2. The molecule has 66 heavy (non-hydrogen) atoms. The second-order valence-corrected chi connectivity index (χ2v) is 25.6. The number of benzene rings is 6. The molecule has 2 aliphatic heterocycles. The van der Waals surface area contributed by atoms with Gasteiger partial charge in [0.25, 0.3) is 6.71 Å². The van der Waals surface area contributed by atoms with Gasteiger partial charge in [-0.15, -0.1) is 0 Å². The van der Waals surface area contributed by atoms with Gasteiger partial charge in [-0.3, -0.25) is 0 Å². The van der Waals surface area contributed by atoms with E-state index >= 15 is 0 Å². The number of anilines is 6. The molecule has 0 fully saturated rings. The highest BCUT2D eigenvalue weighted by Gasteiger charge is 2.49. The summed E-state index contributed by atoms with van der Waals surface area (Å²) in [5, 5.41) is 3.02. The van der Waals surface area contributed by atoms with Gasteiger partial charge >= 0.3 is 0 Å². The van der Waals surface area contributed by atoms with Gasteiger partial charge in [0.2, 0.25) is 0 Å². The zero-order valence-electron chi connectivity index (χ0n) is 41.7. The highest BCUT2D eigenvalue weighted by molar-refractivity contribution is 7.00. The first-order valence-electron chi connectivity index (χ1n) is 24.9. The summed E-state index contributed by atoms with van der Waals surface area (Å²) in [5.74, 6) is 0. The van der Waals surface area contributed by atoms with Crippen LogP contribution in [0.3, 0.4) is 0 Å². The fourth-order valence-electron chi connectivity index (χ4n) is 13.5. The lowest BCUT2D eigenvalue weighted by Gasteiger charge is -2.48. The molecule has 0 spiro atoms.